The maximum atomic E-state index is 5.17. The normalized spacial score (nSPS) is 10.9. The standard InChI is InChI=1S/C12H14N2O/c1-9(2)5-10-3-4-11(14-6-10)12-7-13-8-15-12/h3-4,6-9H,5H2,1-2H3. The van der Waals surface area contributed by atoms with Crippen LogP contribution in [0.25, 0.3) is 11.5 Å². The Morgan fingerprint density at radius 1 is 1.27 bits per heavy atom. The SMILES string of the molecule is CC(C)Cc1ccc(-c2cnco2)nc1. The van der Waals surface area contributed by atoms with E-state index in [4.69, 9.17) is 4.42 Å². The second-order valence-corrected chi connectivity index (χ2v) is 4.02. The predicted molar refractivity (Wildman–Crippen MR) is 58.3 cm³/mol. The van der Waals surface area contributed by atoms with Gasteiger partial charge in [0.15, 0.2) is 12.2 Å². The Bertz CT molecular complexity index is 404. The zero-order valence-electron chi connectivity index (χ0n) is 8.97. The Hall–Kier alpha value is -1.64. The molecule has 0 saturated carbocycles. The molecule has 3 nitrogen and oxygen atoms in total. The van der Waals surface area contributed by atoms with Crippen LogP contribution in [0.5, 0.6) is 0 Å². The molecule has 0 spiro atoms. The third kappa shape index (κ3) is 2.43. The highest BCUT2D eigenvalue weighted by atomic mass is 16.3. The Kier molecular flexibility index (Phi) is 2.81. The van der Waals surface area contributed by atoms with E-state index in [-0.39, 0.29) is 0 Å². The van der Waals surface area contributed by atoms with E-state index in [0.29, 0.717) is 11.7 Å². The van der Waals surface area contributed by atoms with Crippen molar-refractivity contribution in [2.75, 3.05) is 0 Å². The largest absolute Gasteiger partial charge is 0.442 e. The van der Waals surface area contributed by atoms with Gasteiger partial charge in [-0.1, -0.05) is 19.9 Å². The summed E-state index contributed by atoms with van der Waals surface area (Å²) in [5, 5.41) is 0. The molecule has 0 bridgehead atoms. The Balaban J connectivity index is 2.17. The molecule has 2 heterocycles. The van der Waals surface area contributed by atoms with Gasteiger partial charge in [-0.2, -0.15) is 0 Å². The summed E-state index contributed by atoms with van der Waals surface area (Å²) in [4.78, 5) is 8.20. The van der Waals surface area contributed by atoms with Gasteiger partial charge in [0, 0.05) is 6.20 Å². The number of nitrogens with zero attached hydrogens (tertiary/aromatic N) is 2. The molecule has 0 radical (unpaired) electrons. The third-order valence-electron chi connectivity index (χ3n) is 2.15. The van der Waals surface area contributed by atoms with Crippen molar-refractivity contribution >= 4 is 0 Å². The molecule has 2 aromatic rings. The van der Waals surface area contributed by atoms with Crippen LogP contribution in [-0.2, 0) is 6.42 Å². The minimum atomic E-state index is 0.655. The second kappa shape index (κ2) is 4.26. The van der Waals surface area contributed by atoms with Crippen LogP contribution in [0.3, 0.4) is 0 Å². The van der Waals surface area contributed by atoms with E-state index < -0.39 is 0 Å². The van der Waals surface area contributed by atoms with Gasteiger partial charge in [0.2, 0.25) is 0 Å². The number of hydrogen-bond acceptors (Lipinski definition) is 3. The van der Waals surface area contributed by atoms with Gasteiger partial charge in [0.05, 0.1) is 6.20 Å². The van der Waals surface area contributed by atoms with Crippen molar-refractivity contribution in [3.63, 3.8) is 0 Å². The number of pyridine rings is 1. The number of rotatable bonds is 3. The lowest BCUT2D eigenvalue weighted by molar-refractivity contribution is 0.569. The molecule has 0 amide bonds. The van der Waals surface area contributed by atoms with Gasteiger partial charge in [-0.05, 0) is 24.0 Å². The van der Waals surface area contributed by atoms with E-state index >= 15 is 0 Å². The molecule has 0 aromatic carbocycles. The van der Waals surface area contributed by atoms with E-state index in [0.717, 1.165) is 12.1 Å². The first-order chi connectivity index (χ1) is 7.25. The van der Waals surface area contributed by atoms with Gasteiger partial charge >= 0.3 is 0 Å². The van der Waals surface area contributed by atoms with Gasteiger partial charge in [0.1, 0.15) is 5.69 Å². The summed E-state index contributed by atoms with van der Waals surface area (Å²) < 4.78 is 5.17. The molecule has 0 unspecified atom stereocenters. The van der Waals surface area contributed by atoms with Crippen molar-refractivity contribution in [2.45, 2.75) is 20.3 Å². The smallest absolute Gasteiger partial charge is 0.181 e. The summed E-state index contributed by atoms with van der Waals surface area (Å²) >= 11 is 0. The number of oxazole rings is 1. The molecule has 2 rings (SSSR count). The summed E-state index contributed by atoms with van der Waals surface area (Å²) in [5.41, 5.74) is 2.09. The molecule has 2 aromatic heterocycles. The molecular weight excluding hydrogens is 188 g/mol. The summed E-state index contributed by atoms with van der Waals surface area (Å²) in [6.45, 7) is 4.40. The lowest BCUT2D eigenvalue weighted by Crippen LogP contribution is -1.94. The molecular formula is C12H14N2O. The van der Waals surface area contributed by atoms with E-state index in [1.54, 1.807) is 6.20 Å². The van der Waals surface area contributed by atoms with Crippen molar-refractivity contribution in [3.8, 4) is 11.5 Å². The van der Waals surface area contributed by atoms with Crippen LogP contribution in [0.15, 0.2) is 35.3 Å². The lowest BCUT2D eigenvalue weighted by atomic mass is 10.0. The Labute approximate surface area is 89.2 Å². The van der Waals surface area contributed by atoms with E-state index in [1.807, 2.05) is 12.3 Å². The number of hydrogen-bond donors (Lipinski definition) is 0. The maximum Gasteiger partial charge on any atom is 0.181 e. The molecule has 0 N–H and O–H groups in total. The molecule has 0 saturated heterocycles. The monoisotopic (exact) mass is 202 g/mol. The molecule has 78 valence electrons. The van der Waals surface area contributed by atoms with E-state index in [9.17, 15) is 0 Å². The van der Waals surface area contributed by atoms with Gasteiger partial charge in [-0.15, -0.1) is 0 Å². The highest BCUT2D eigenvalue weighted by Gasteiger charge is 2.03. The highest BCUT2D eigenvalue weighted by Crippen LogP contribution is 2.16. The third-order valence-corrected chi connectivity index (χ3v) is 2.15. The second-order valence-electron chi connectivity index (χ2n) is 4.02. The first-order valence-corrected chi connectivity index (χ1v) is 5.09. The molecule has 0 fully saturated rings. The van der Waals surface area contributed by atoms with Crippen molar-refractivity contribution < 1.29 is 4.42 Å². The van der Waals surface area contributed by atoms with Crippen LogP contribution in [0.4, 0.5) is 0 Å². The van der Waals surface area contributed by atoms with Crippen LogP contribution < -0.4 is 0 Å². The lowest BCUT2D eigenvalue weighted by Gasteiger charge is -2.04. The first kappa shape index (κ1) is 9.90. The average molecular weight is 202 g/mol. The minimum Gasteiger partial charge on any atom is -0.442 e. The fraction of sp³-hybridized carbons (Fsp3) is 0.333. The molecule has 15 heavy (non-hydrogen) atoms. The zero-order chi connectivity index (χ0) is 10.7. The maximum absolute atomic E-state index is 5.17. The van der Waals surface area contributed by atoms with Crippen molar-refractivity contribution in [3.05, 3.63) is 36.5 Å². The van der Waals surface area contributed by atoms with Gasteiger partial charge in [0.25, 0.3) is 0 Å². The quantitative estimate of drug-likeness (QED) is 0.768. The Morgan fingerprint density at radius 3 is 2.67 bits per heavy atom. The van der Waals surface area contributed by atoms with E-state index in [1.165, 1.54) is 12.0 Å². The van der Waals surface area contributed by atoms with Crippen LogP contribution in [-0.4, -0.2) is 9.97 Å². The van der Waals surface area contributed by atoms with Crippen LogP contribution in [0, 0.1) is 5.92 Å². The van der Waals surface area contributed by atoms with Crippen molar-refractivity contribution in [1.82, 2.24) is 9.97 Å². The molecule has 3 heteroatoms. The van der Waals surface area contributed by atoms with Crippen molar-refractivity contribution in [1.29, 1.82) is 0 Å². The number of aromatic nitrogens is 2. The minimum absolute atomic E-state index is 0.655. The molecule has 0 atom stereocenters. The van der Waals surface area contributed by atoms with Gasteiger partial charge in [-0.3, -0.25) is 4.98 Å². The van der Waals surface area contributed by atoms with E-state index in [2.05, 4.69) is 29.9 Å². The van der Waals surface area contributed by atoms with Gasteiger partial charge in [-0.25, -0.2) is 4.98 Å². The summed E-state index contributed by atoms with van der Waals surface area (Å²) in [5.74, 6) is 1.37. The fourth-order valence-corrected chi connectivity index (χ4v) is 1.50. The Morgan fingerprint density at radius 2 is 2.13 bits per heavy atom. The molecule has 0 aliphatic heterocycles. The van der Waals surface area contributed by atoms with Crippen molar-refractivity contribution in [2.24, 2.45) is 5.92 Å². The summed E-state index contributed by atoms with van der Waals surface area (Å²) in [6.07, 6.45) is 6.05. The topological polar surface area (TPSA) is 38.9 Å². The van der Waals surface area contributed by atoms with Crippen LogP contribution in [0.1, 0.15) is 19.4 Å². The zero-order valence-corrected chi connectivity index (χ0v) is 8.97. The fourth-order valence-electron chi connectivity index (χ4n) is 1.50. The van der Waals surface area contributed by atoms with Crippen LogP contribution in [0.2, 0.25) is 0 Å². The van der Waals surface area contributed by atoms with Crippen LogP contribution >= 0.6 is 0 Å². The molecule has 0 aliphatic rings. The average Bonchev–Trinajstić information content (AvgIpc) is 2.71. The predicted octanol–water partition coefficient (Wildman–Crippen LogP) is 2.94. The highest BCUT2D eigenvalue weighted by molar-refractivity contribution is 5.50. The molecule has 0 aliphatic carbocycles. The van der Waals surface area contributed by atoms with Gasteiger partial charge < -0.3 is 4.42 Å². The first-order valence-electron chi connectivity index (χ1n) is 5.09. The summed E-state index contributed by atoms with van der Waals surface area (Å²) in [6, 6.07) is 4.06. The summed E-state index contributed by atoms with van der Waals surface area (Å²) in [7, 11) is 0.